The predicted molar refractivity (Wildman–Crippen MR) is 67.5 cm³/mol. The molecule has 3 nitrogen and oxygen atoms in total. The van der Waals surface area contributed by atoms with E-state index < -0.39 is 0 Å². The van der Waals surface area contributed by atoms with Crippen LogP contribution in [0, 0.1) is 11.3 Å². The van der Waals surface area contributed by atoms with Crippen LogP contribution in [-0.2, 0) is 5.88 Å². The van der Waals surface area contributed by atoms with Crippen molar-refractivity contribution in [1.82, 2.24) is 0 Å². The first-order valence-electron chi connectivity index (χ1n) is 5.54. The molecule has 17 heavy (non-hydrogen) atoms. The zero-order chi connectivity index (χ0) is 12.5. The highest BCUT2D eigenvalue weighted by molar-refractivity contribution is 6.17. The fraction of sp³-hybridized carbons (Fsp3) is 0.462. The molecular formula is C13H16ClNO2. The minimum absolute atomic E-state index is 0.457. The van der Waals surface area contributed by atoms with Gasteiger partial charge in [0.2, 0.25) is 0 Å². The molecule has 0 saturated heterocycles. The molecule has 92 valence electrons. The quantitative estimate of drug-likeness (QED) is 0.552. The highest BCUT2D eigenvalue weighted by Gasteiger charge is 2.05. The number of hydrogen-bond donors (Lipinski definition) is 0. The van der Waals surface area contributed by atoms with E-state index in [1.54, 1.807) is 7.11 Å². The van der Waals surface area contributed by atoms with E-state index in [4.69, 9.17) is 26.3 Å². The summed E-state index contributed by atoms with van der Waals surface area (Å²) in [5, 5.41) is 8.40. The lowest BCUT2D eigenvalue weighted by molar-refractivity contribution is 0.287. The zero-order valence-corrected chi connectivity index (χ0v) is 10.7. The number of nitrogens with zero attached hydrogens (tertiary/aromatic N) is 1. The summed E-state index contributed by atoms with van der Waals surface area (Å²) < 4.78 is 10.8. The molecule has 0 fully saturated rings. The number of ether oxygens (including phenoxy) is 2. The summed E-state index contributed by atoms with van der Waals surface area (Å²) in [5.41, 5.74) is 1.00. The molecule has 0 aliphatic rings. The second-order valence-electron chi connectivity index (χ2n) is 3.58. The van der Waals surface area contributed by atoms with Gasteiger partial charge in [-0.2, -0.15) is 5.26 Å². The van der Waals surface area contributed by atoms with Gasteiger partial charge in [-0.25, -0.2) is 0 Å². The number of halogens is 1. The molecule has 0 spiro atoms. The van der Waals surface area contributed by atoms with Gasteiger partial charge in [0.15, 0.2) is 11.5 Å². The number of nitriles is 1. The molecule has 1 aromatic rings. The highest BCUT2D eigenvalue weighted by atomic mass is 35.5. The van der Waals surface area contributed by atoms with Crippen LogP contribution in [0.3, 0.4) is 0 Å². The molecule has 1 rings (SSSR count). The van der Waals surface area contributed by atoms with E-state index in [0.29, 0.717) is 24.7 Å². The molecule has 0 saturated carbocycles. The molecule has 0 heterocycles. The van der Waals surface area contributed by atoms with Crippen LogP contribution >= 0.6 is 11.6 Å². The van der Waals surface area contributed by atoms with Crippen LogP contribution in [0.25, 0.3) is 0 Å². The Balaban J connectivity index is 2.50. The van der Waals surface area contributed by atoms with Crippen LogP contribution in [0.1, 0.15) is 24.8 Å². The van der Waals surface area contributed by atoms with Crippen molar-refractivity contribution >= 4 is 11.6 Å². The van der Waals surface area contributed by atoms with Crippen LogP contribution in [-0.4, -0.2) is 13.7 Å². The standard InChI is InChI=1S/C13H16ClNO2/c1-16-13-9-11(10-14)5-6-12(13)17-8-4-2-3-7-15/h5-6,9H,2-4,8,10H2,1H3. The summed E-state index contributed by atoms with van der Waals surface area (Å²) >= 11 is 5.74. The van der Waals surface area contributed by atoms with Gasteiger partial charge in [-0.1, -0.05) is 6.07 Å². The van der Waals surface area contributed by atoms with Crippen LogP contribution in [0.15, 0.2) is 18.2 Å². The Morgan fingerprint density at radius 2 is 2.12 bits per heavy atom. The lowest BCUT2D eigenvalue weighted by atomic mass is 10.2. The van der Waals surface area contributed by atoms with E-state index in [1.165, 1.54) is 0 Å². The second-order valence-corrected chi connectivity index (χ2v) is 3.85. The Morgan fingerprint density at radius 1 is 1.29 bits per heavy atom. The van der Waals surface area contributed by atoms with Crippen molar-refractivity contribution in [2.24, 2.45) is 0 Å². The Morgan fingerprint density at radius 3 is 2.76 bits per heavy atom. The van der Waals surface area contributed by atoms with Crippen LogP contribution < -0.4 is 9.47 Å². The van der Waals surface area contributed by atoms with Crippen molar-refractivity contribution in [3.8, 4) is 17.6 Å². The molecule has 0 aliphatic carbocycles. The smallest absolute Gasteiger partial charge is 0.161 e. The summed E-state index contributed by atoms with van der Waals surface area (Å²) in [6.07, 6.45) is 2.30. The molecule has 0 radical (unpaired) electrons. The van der Waals surface area contributed by atoms with Gasteiger partial charge in [-0.3, -0.25) is 0 Å². The number of alkyl halides is 1. The first-order valence-corrected chi connectivity index (χ1v) is 6.08. The first kappa shape index (κ1) is 13.7. The average molecular weight is 254 g/mol. The van der Waals surface area contributed by atoms with Crippen LogP contribution in [0.2, 0.25) is 0 Å². The SMILES string of the molecule is COc1cc(CCl)ccc1OCCCCC#N. The number of hydrogen-bond acceptors (Lipinski definition) is 3. The Hall–Kier alpha value is -1.40. The summed E-state index contributed by atoms with van der Waals surface area (Å²) in [4.78, 5) is 0. The molecule has 0 atom stereocenters. The van der Waals surface area contributed by atoms with Gasteiger partial charge >= 0.3 is 0 Å². The average Bonchev–Trinajstić information content (AvgIpc) is 2.38. The lowest BCUT2D eigenvalue weighted by Crippen LogP contribution is -1.99. The summed E-state index contributed by atoms with van der Waals surface area (Å²) in [6.45, 7) is 0.595. The second kappa shape index (κ2) is 7.81. The Labute approximate surface area is 107 Å². The number of rotatable bonds is 7. The fourth-order valence-electron chi connectivity index (χ4n) is 1.40. The van der Waals surface area contributed by atoms with E-state index >= 15 is 0 Å². The molecule has 0 bridgehead atoms. The van der Waals surface area contributed by atoms with Gasteiger partial charge in [-0.15, -0.1) is 11.6 Å². The van der Waals surface area contributed by atoms with E-state index in [-0.39, 0.29) is 0 Å². The van der Waals surface area contributed by atoms with E-state index in [1.807, 2.05) is 18.2 Å². The lowest BCUT2D eigenvalue weighted by Gasteiger charge is -2.11. The van der Waals surface area contributed by atoms with Crippen molar-refractivity contribution in [2.75, 3.05) is 13.7 Å². The molecule has 0 aromatic heterocycles. The van der Waals surface area contributed by atoms with Gasteiger partial charge in [0, 0.05) is 12.3 Å². The van der Waals surface area contributed by atoms with E-state index in [2.05, 4.69) is 6.07 Å². The predicted octanol–water partition coefficient (Wildman–Crippen LogP) is 3.51. The third-order valence-corrected chi connectivity index (χ3v) is 2.63. The van der Waals surface area contributed by atoms with Crippen molar-refractivity contribution in [3.05, 3.63) is 23.8 Å². The Bertz CT molecular complexity index is 387. The molecular weight excluding hydrogens is 238 g/mol. The van der Waals surface area contributed by atoms with Gasteiger partial charge in [0.25, 0.3) is 0 Å². The van der Waals surface area contributed by atoms with Crippen molar-refractivity contribution in [2.45, 2.75) is 25.1 Å². The molecule has 0 aliphatic heterocycles. The monoisotopic (exact) mass is 253 g/mol. The number of unbranched alkanes of at least 4 members (excludes halogenated alkanes) is 2. The Kier molecular flexibility index (Phi) is 6.27. The van der Waals surface area contributed by atoms with Gasteiger partial charge in [-0.05, 0) is 30.5 Å². The number of benzene rings is 1. The van der Waals surface area contributed by atoms with Crippen molar-refractivity contribution in [1.29, 1.82) is 5.26 Å². The first-order chi connectivity index (χ1) is 8.31. The minimum Gasteiger partial charge on any atom is -0.493 e. The highest BCUT2D eigenvalue weighted by Crippen LogP contribution is 2.28. The molecule has 0 amide bonds. The molecule has 0 unspecified atom stereocenters. The normalized spacial score (nSPS) is 9.71. The van der Waals surface area contributed by atoms with E-state index in [0.717, 1.165) is 24.2 Å². The molecule has 4 heteroatoms. The third-order valence-electron chi connectivity index (χ3n) is 2.32. The van der Waals surface area contributed by atoms with Crippen molar-refractivity contribution in [3.63, 3.8) is 0 Å². The maximum absolute atomic E-state index is 8.40. The van der Waals surface area contributed by atoms with E-state index in [9.17, 15) is 0 Å². The van der Waals surface area contributed by atoms with Gasteiger partial charge < -0.3 is 9.47 Å². The maximum Gasteiger partial charge on any atom is 0.161 e. The topological polar surface area (TPSA) is 42.2 Å². The summed E-state index contributed by atoms with van der Waals surface area (Å²) in [5.74, 6) is 1.88. The van der Waals surface area contributed by atoms with Crippen molar-refractivity contribution < 1.29 is 9.47 Å². The fourth-order valence-corrected chi connectivity index (χ4v) is 1.57. The maximum atomic E-state index is 8.40. The summed E-state index contributed by atoms with van der Waals surface area (Å²) in [7, 11) is 1.61. The minimum atomic E-state index is 0.457. The molecule has 0 N–H and O–H groups in total. The van der Waals surface area contributed by atoms with Crippen LogP contribution in [0.4, 0.5) is 0 Å². The van der Waals surface area contributed by atoms with Gasteiger partial charge in [0.05, 0.1) is 19.8 Å². The largest absolute Gasteiger partial charge is 0.493 e. The number of methoxy groups -OCH3 is 1. The summed E-state index contributed by atoms with van der Waals surface area (Å²) in [6, 6.07) is 7.76. The van der Waals surface area contributed by atoms with Crippen LogP contribution in [0.5, 0.6) is 11.5 Å². The van der Waals surface area contributed by atoms with Gasteiger partial charge in [0.1, 0.15) is 0 Å². The zero-order valence-electron chi connectivity index (χ0n) is 9.91. The molecule has 1 aromatic carbocycles. The third kappa shape index (κ3) is 4.54.